The number of hydrogen-bond donors (Lipinski definition) is 1. The van der Waals surface area contributed by atoms with Gasteiger partial charge in [-0.2, -0.15) is 18.4 Å². The number of halogens is 3. The Labute approximate surface area is 193 Å². The van der Waals surface area contributed by atoms with E-state index in [1.165, 1.54) is 6.07 Å². The quantitative estimate of drug-likeness (QED) is 0.621. The topological polar surface area (TPSA) is 97.5 Å². The summed E-state index contributed by atoms with van der Waals surface area (Å²) in [7, 11) is 0. The van der Waals surface area contributed by atoms with Gasteiger partial charge in [-0.1, -0.05) is 12.1 Å². The molecule has 1 aliphatic rings. The zero-order valence-electron chi connectivity index (χ0n) is 17.3. The van der Waals surface area contributed by atoms with Crippen LogP contribution in [0.3, 0.4) is 0 Å². The first-order chi connectivity index (χ1) is 15.6. The Hall–Kier alpha value is -3.52. The summed E-state index contributed by atoms with van der Waals surface area (Å²) in [4.78, 5) is 29.7. The molecule has 33 heavy (non-hydrogen) atoms. The number of amides is 1. The normalized spacial score (nSPS) is 14.7. The fourth-order valence-corrected chi connectivity index (χ4v) is 3.89. The van der Waals surface area contributed by atoms with Crippen molar-refractivity contribution in [3.8, 4) is 6.07 Å². The summed E-state index contributed by atoms with van der Waals surface area (Å²) in [6.45, 7) is 0.384. The largest absolute Gasteiger partial charge is 0.481 e. The van der Waals surface area contributed by atoms with Gasteiger partial charge in [-0.15, -0.1) is 0 Å². The number of aromatic nitrogens is 1. The Bertz CT molecular complexity index is 1110. The van der Waals surface area contributed by atoms with Gasteiger partial charge in [0.2, 0.25) is 5.91 Å². The number of benzene rings is 1. The molecule has 0 spiro atoms. The van der Waals surface area contributed by atoms with E-state index >= 15 is 0 Å². The summed E-state index contributed by atoms with van der Waals surface area (Å²) in [6, 6.07) is 9.32. The number of alkyl halides is 3. The molecular weight excluding hydrogens is 457 g/mol. The Kier molecular flexibility index (Phi) is 7.28. The monoisotopic (exact) mass is 476 g/mol. The zero-order chi connectivity index (χ0) is 24.2. The number of thiocarbonyl (C=S) groups is 1. The molecule has 0 atom stereocenters. The minimum atomic E-state index is -4.82. The van der Waals surface area contributed by atoms with Crippen LogP contribution in [0.2, 0.25) is 0 Å². The fraction of sp³-hybridized carbons (Fsp3) is 0.318. The first-order valence-electron chi connectivity index (χ1n) is 10.0. The van der Waals surface area contributed by atoms with Crippen LogP contribution in [0.5, 0.6) is 0 Å². The molecule has 2 heterocycles. The molecule has 0 saturated carbocycles. The molecule has 1 fully saturated rings. The highest BCUT2D eigenvalue weighted by Crippen LogP contribution is 2.34. The van der Waals surface area contributed by atoms with Crippen molar-refractivity contribution in [2.75, 3.05) is 16.3 Å². The maximum absolute atomic E-state index is 13.4. The van der Waals surface area contributed by atoms with Crippen molar-refractivity contribution in [3.63, 3.8) is 0 Å². The zero-order valence-corrected chi connectivity index (χ0v) is 18.1. The molecule has 1 aromatic heterocycles. The molecule has 7 nitrogen and oxygen atoms in total. The number of carboxylic acids is 1. The second-order valence-corrected chi connectivity index (χ2v) is 7.75. The lowest BCUT2D eigenvalue weighted by Gasteiger charge is -2.30. The number of anilines is 2. The highest BCUT2D eigenvalue weighted by molar-refractivity contribution is 7.81. The molecular formula is C22H19F3N4O3S. The van der Waals surface area contributed by atoms with Gasteiger partial charge in [-0.3, -0.25) is 14.5 Å². The minimum absolute atomic E-state index is 0.00996. The van der Waals surface area contributed by atoms with Crippen LogP contribution in [-0.4, -0.2) is 33.6 Å². The van der Waals surface area contributed by atoms with Crippen LogP contribution in [0.25, 0.3) is 0 Å². The fourth-order valence-electron chi connectivity index (χ4n) is 3.48. The van der Waals surface area contributed by atoms with E-state index in [9.17, 15) is 22.8 Å². The number of aliphatic carboxylic acids is 1. The molecule has 172 valence electrons. The van der Waals surface area contributed by atoms with Crippen molar-refractivity contribution in [3.05, 3.63) is 53.3 Å². The summed E-state index contributed by atoms with van der Waals surface area (Å²) < 4.78 is 40.2. The Balaban J connectivity index is 1.89. The lowest BCUT2D eigenvalue weighted by molar-refractivity contribution is -0.138. The molecule has 3 rings (SSSR count). The number of carboxylic acid groups (broad SMARTS) is 1. The lowest BCUT2D eigenvalue weighted by Crippen LogP contribution is -2.44. The number of carbonyl (C=O) groups excluding carboxylic acids is 1. The highest BCUT2D eigenvalue weighted by atomic mass is 32.1. The van der Waals surface area contributed by atoms with Crippen LogP contribution >= 0.6 is 12.2 Å². The molecule has 1 saturated heterocycles. The predicted octanol–water partition coefficient (Wildman–Crippen LogP) is 4.30. The Morgan fingerprint density at radius 2 is 1.94 bits per heavy atom. The smallest absolute Gasteiger partial charge is 0.419 e. The number of nitrogens with zero attached hydrogens (tertiary/aromatic N) is 4. The van der Waals surface area contributed by atoms with Crippen LogP contribution in [0.4, 0.5) is 24.5 Å². The molecule has 0 bridgehead atoms. The van der Waals surface area contributed by atoms with Gasteiger partial charge in [0.05, 0.1) is 17.4 Å². The van der Waals surface area contributed by atoms with Crippen LogP contribution in [0, 0.1) is 11.3 Å². The average molecular weight is 476 g/mol. The maximum atomic E-state index is 13.4. The average Bonchev–Trinajstić information content (AvgIpc) is 2.90. The SMILES string of the molecule is N#Cc1ncc(N2C(=O)CCCN(c3ccc(CCCC(=O)O)cc3)C2=S)cc1C(F)(F)F. The van der Waals surface area contributed by atoms with E-state index in [0.29, 0.717) is 37.6 Å². The predicted molar refractivity (Wildman–Crippen MR) is 118 cm³/mol. The van der Waals surface area contributed by atoms with Gasteiger partial charge in [0.1, 0.15) is 6.07 Å². The third-order valence-corrected chi connectivity index (χ3v) is 5.49. The number of nitriles is 1. The highest BCUT2D eigenvalue weighted by Gasteiger charge is 2.37. The van der Waals surface area contributed by atoms with E-state index in [2.05, 4.69) is 4.98 Å². The Morgan fingerprint density at radius 1 is 1.24 bits per heavy atom. The second kappa shape index (κ2) is 9.95. The molecule has 1 aromatic carbocycles. The first kappa shape index (κ1) is 24.1. The molecule has 1 aliphatic heterocycles. The number of pyridine rings is 1. The van der Waals surface area contributed by atoms with Crippen LogP contribution in [0.1, 0.15) is 42.5 Å². The first-order valence-corrected chi connectivity index (χ1v) is 10.4. The van der Waals surface area contributed by atoms with Crippen molar-refractivity contribution in [1.29, 1.82) is 5.26 Å². The summed E-state index contributed by atoms with van der Waals surface area (Å²) >= 11 is 5.50. The van der Waals surface area contributed by atoms with E-state index < -0.39 is 29.3 Å². The molecule has 2 aromatic rings. The third kappa shape index (κ3) is 5.64. The molecule has 0 radical (unpaired) electrons. The summed E-state index contributed by atoms with van der Waals surface area (Å²) in [6.07, 6.45) is -2.14. The molecule has 0 aliphatic carbocycles. The van der Waals surface area contributed by atoms with Gasteiger partial charge in [0.15, 0.2) is 10.8 Å². The molecule has 11 heteroatoms. The standard InChI is InChI=1S/C22H19F3N4O3S/c23-22(24,25)17-11-16(13-27-18(17)12-26)29-19(30)4-2-10-28(21(29)33)15-8-6-14(7-9-15)3-1-5-20(31)32/h6-9,11,13H,1-5,10H2,(H,31,32). The van der Waals surface area contributed by atoms with Crippen LogP contribution < -0.4 is 9.80 Å². The van der Waals surface area contributed by atoms with Crippen molar-refractivity contribution in [2.45, 2.75) is 38.3 Å². The second-order valence-electron chi connectivity index (χ2n) is 7.38. The van der Waals surface area contributed by atoms with E-state index in [1.807, 2.05) is 12.1 Å². The van der Waals surface area contributed by atoms with Crippen molar-refractivity contribution >= 4 is 40.6 Å². The van der Waals surface area contributed by atoms with E-state index in [0.717, 1.165) is 16.7 Å². The van der Waals surface area contributed by atoms with Crippen molar-refractivity contribution in [2.24, 2.45) is 0 Å². The number of carbonyl (C=O) groups is 2. The lowest BCUT2D eigenvalue weighted by atomic mass is 10.1. The number of hydrogen-bond acceptors (Lipinski definition) is 5. The molecule has 0 unspecified atom stereocenters. The van der Waals surface area contributed by atoms with Gasteiger partial charge in [-0.05, 0) is 55.2 Å². The van der Waals surface area contributed by atoms with Crippen molar-refractivity contribution < 1.29 is 27.9 Å². The van der Waals surface area contributed by atoms with E-state index in [-0.39, 0.29) is 23.6 Å². The number of aryl methyl sites for hydroxylation is 1. The van der Waals surface area contributed by atoms with Gasteiger partial charge < -0.3 is 10.0 Å². The summed E-state index contributed by atoms with van der Waals surface area (Å²) in [5.41, 5.74) is -0.595. The van der Waals surface area contributed by atoms with Crippen molar-refractivity contribution in [1.82, 2.24) is 4.98 Å². The molecule has 1 N–H and O–H groups in total. The number of rotatable bonds is 6. The Morgan fingerprint density at radius 3 is 2.55 bits per heavy atom. The van der Waals surface area contributed by atoms with Gasteiger partial charge in [0, 0.05) is 25.1 Å². The van der Waals surface area contributed by atoms with Gasteiger partial charge in [-0.25, -0.2) is 4.98 Å². The maximum Gasteiger partial charge on any atom is 0.419 e. The molecule has 1 amide bonds. The van der Waals surface area contributed by atoms with Crippen LogP contribution in [0.15, 0.2) is 36.5 Å². The van der Waals surface area contributed by atoms with E-state index in [1.54, 1.807) is 17.0 Å². The van der Waals surface area contributed by atoms with E-state index in [4.69, 9.17) is 22.6 Å². The summed E-state index contributed by atoms with van der Waals surface area (Å²) in [5.74, 6) is -1.33. The van der Waals surface area contributed by atoms with Crippen LogP contribution in [-0.2, 0) is 22.2 Å². The minimum Gasteiger partial charge on any atom is -0.481 e. The third-order valence-electron chi connectivity index (χ3n) is 5.09. The summed E-state index contributed by atoms with van der Waals surface area (Å²) in [5, 5.41) is 17.7. The van der Waals surface area contributed by atoms with Gasteiger partial charge >= 0.3 is 12.1 Å². The van der Waals surface area contributed by atoms with Gasteiger partial charge in [0.25, 0.3) is 0 Å².